The Bertz CT molecular complexity index is 1080. The second kappa shape index (κ2) is 4.45. The Kier molecular flexibility index (Phi) is 1.89. The number of benzene rings is 2. The molecule has 0 amide bonds. The highest BCUT2D eigenvalue weighted by atomic mass is 16.4. The molecule has 3 aromatic rings. The summed E-state index contributed by atoms with van der Waals surface area (Å²) >= 11 is 0. The molecule has 0 spiro atoms. The number of hydrogen-bond acceptors (Lipinski definition) is 6. The largest absolute Gasteiger partial charge is 0.508 e. The van der Waals surface area contributed by atoms with Crippen LogP contribution in [0, 0.1) is 0 Å². The molecule has 2 aromatic carbocycles. The topological polar surface area (TPSA) is 111 Å². The highest BCUT2D eigenvalue weighted by Gasteiger charge is 2.16. The molecule has 4 N–H and O–H groups in total. The molecule has 0 aliphatic carbocycles. The fourth-order valence-electron chi connectivity index (χ4n) is 1.78. The van der Waals surface area contributed by atoms with Crippen LogP contribution >= 0.6 is 0 Å². The highest BCUT2D eigenvalue weighted by Crippen LogP contribution is 2.35. The Morgan fingerprint density at radius 2 is 1.76 bits per heavy atom. The SMILES string of the molecule is [2H]c1c([2H])c(-c2oc3c([2H])c(O)ccc3c(=O)c2O)c([2H])c(O)c1O. The van der Waals surface area contributed by atoms with Gasteiger partial charge in [-0.2, -0.15) is 0 Å². The molecule has 3 rings (SSSR count). The van der Waals surface area contributed by atoms with Crippen LogP contribution in [0.1, 0.15) is 5.48 Å². The van der Waals surface area contributed by atoms with Crippen LogP contribution in [-0.4, -0.2) is 20.4 Å². The lowest BCUT2D eigenvalue weighted by molar-refractivity contribution is 0.403. The Morgan fingerprint density at radius 1 is 1.00 bits per heavy atom. The van der Waals surface area contributed by atoms with Crippen molar-refractivity contribution in [1.82, 2.24) is 0 Å². The average molecular weight is 290 g/mol. The van der Waals surface area contributed by atoms with Crippen molar-refractivity contribution in [2.45, 2.75) is 0 Å². The fraction of sp³-hybridized carbons (Fsp3) is 0. The molecule has 0 radical (unpaired) electrons. The number of fused-ring (bicyclic) bond motifs is 1. The van der Waals surface area contributed by atoms with Crippen molar-refractivity contribution >= 4 is 11.0 Å². The van der Waals surface area contributed by atoms with Gasteiger partial charge >= 0.3 is 0 Å². The predicted octanol–water partition coefficient (Wildman–Crippen LogP) is 2.28. The molecule has 0 aliphatic heterocycles. The van der Waals surface area contributed by atoms with Gasteiger partial charge in [-0.1, -0.05) is 0 Å². The van der Waals surface area contributed by atoms with Gasteiger partial charge in [0.1, 0.15) is 11.3 Å². The van der Waals surface area contributed by atoms with Crippen molar-refractivity contribution in [2.75, 3.05) is 0 Å². The predicted molar refractivity (Wildman–Crippen MR) is 74.6 cm³/mol. The van der Waals surface area contributed by atoms with Crippen molar-refractivity contribution in [2.24, 2.45) is 0 Å². The number of phenolic OH excluding ortho intramolecular Hbond substituents is 3. The molecule has 6 heteroatoms. The third kappa shape index (κ3) is 2.02. The quantitative estimate of drug-likeness (QED) is 0.512. The second-order valence-corrected chi connectivity index (χ2v) is 4.14. The molecule has 0 atom stereocenters. The van der Waals surface area contributed by atoms with E-state index >= 15 is 0 Å². The van der Waals surface area contributed by atoms with E-state index < -0.39 is 69.5 Å². The monoisotopic (exact) mass is 290 g/mol. The minimum Gasteiger partial charge on any atom is -0.508 e. The first-order valence-corrected chi connectivity index (χ1v) is 5.67. The molecule has 0 aliphatic rings. The van der Waals surface area contributed by atoms with E-state index in [2.05, 4.69) is 0 Å². The fourth-order valence-corrected chi connectivity index (χ4v) is 1.78. The smallest absolute Gasteiger partial charge is 0.235 e. The van der Waals surface area contributed by atoms with Gasteiger partial charge in [0.05, 0.1) is 10.9 Å². The Morgan fingerprint density at radius 3 is 2.52 bits per heavy atom. The van der Waals surface area contributed by atoms with Crippen LogP contribution in [0.3, 0.4) is 0 Å². The molecule has 0 saturated carbocycles. The third-order valence-corrected chi connectivity index (χ3v) is 2.77. The Hall–Kier alpha value is -3.15. The van der Waals surface area contributed by atoms with E-state index in [0.717, 1.165) is 12.1 Å². The van der Waals surface area contributed by atoms with Crippen molar-refractivity contribution in [3.05, 3.63) is 46.5 Å². The summed E-state index contributed by atoms with van der Waals surface area (Å²) in [5.74, 6) is -4.25. The van der Waals surface area contributed by atoms with Crippen LogP contribution in [0.15, 0.2) is 45.5 Å². The molecular weight excluding hydrogens is 276 g/mol. The van der Waals surface area contributed by atoms with Gasteiger partial charge in [0, 0.05) is 11.6 Å². The third-order valence-electron chi connectivity index (χ3n) is 2.77. The summed E-state index contributed by atoms with van der Waals surface area (Å²) in [5.41, 5.74) is -2.00. The van der Waals surface area contributed by atoms with Gasteiger partial charge in [-0.05, 0) is 30.3 Å². The molecule has 0 unspecified atom stereocenters. The van der Waals surface area contributed by atoms with Crippen LogP contribution in [0.5, 0.6) is 23.0 Å². The summed E-state index contributed by atoms with van der Waals surface area (Å²) in [6.45, 7) is 0. The summed E-state index contributed by atoms with van der Waals surface area (Å²) in [6, 6.07) is -0.810. The van der Waals surface area contributed by atoms with E-state index in [-0.39, 0.29) is 5.39 Å². The molecule has 1 aromatic heterocycles. The molecule has 21 heavy (non-hydrogen) atoms. The zero-order valence-electron chi connectivity index (χ0n) is 14.3. The zero-order valence-corrected chi connectivity index (χ0v) is 10.3. The van der Waals surface area contributed by atoms with Crippen molar-refractivity contribution in [1.29, 1.82) is 0 Å². The highest BCUT2D eigenvalue weighted by molar-refractivity contribution is 5.83. The Balaban J connectivity index is 2.52. The average Bonchev–Trinajstić information content (AvgIpc) is 2.59. The van der Waals surface area contributed by atoms with Crippen LogP contribution in [0.4, 0.5) is 0 Å². The molecular formula is C15H10O6. The van der Waals surface area contributed by atoms with Gasteiger partial charge < -0.3 is 24.8 Å². The lowest BCUT2D eigenvalue weighted by Crippen LogP contribution is -2.02. The lowest BCUT2D eigenvalue weighted by Gasteiger charge is -2.07. The normalized spacial score (nSPS) is 13.5. The zero-order chi connectivity index (χ0) is 18.6. The summed E-state index contributed by atoms with van der Waals surface area (Å²) in [4.78, 5) is 12.3. The minimum absolute atomic E-state index is 0.212. The molecule has 0 saturated heterocycles. The molecule has 6 nitrogen and oxygen atoms in total. The standard InChI is InChI=1S/C15H10O6/c16-8-2-3-9-12(6-8)21-15(14(20)13(9)19)7-1-4-10(17)11(18)5-7/h1-6,16-18,20H/i1D,4D,5D,6D. The van der Waals surface area contributed by atoms with E-state index in [1.807, 2.05) is 0 Å². The van der Waals surface area contributed by atoms with E-state index in [0.29, 0.717) is 0 Å². The van der Waals surface area contributed by atoms with Crippen LogP contribution < -0.4 is 5.43 Å². The molecule has 0 bridgehead atoms. The van der Waals surface area contributed by atoms with Gasteiger partial charge in [0.2, 0.25) is 11.2 Å². The van der Waals surface area contributed by atoms with Crippen molar-refractivity contribution < 1.29 is 30.3 Å². The maximum Gasteiger partial charge on any atom is 0.235 e. The van der Waals surface area contributed by atoms with E-state index in [9.17, 15) is 25.2 Å². The van der Waals surface area contributed by atoms with Gasteiger partial charge in [-0.3, -0.25) is 4.79 Å². The second-order valence-electron chi connectivity index (χ2n) is 4.14. The minimum atomic E-state index is -1.03. The lowest BCUT2D eigenvalue weighted by atomic mass is 10.1. The molecule has 0 fully saturated rings. The number of rotatable bonds is 1. The number of hydrogen-bond donors (Lipinski definition) is 4. The first-order valence-electron chi connectivity index (χ1n) is 7.67. The van der Waals surface area contributed by atoms with Crippen LogP contribution in [-0.2, 0) is 0 Å². The maximum atomic E-state index is 12.3. The van der Waals surface area contributed by atoms with Gasteiger partial charge in [0.15, 0.2) is 17.3 Å². The first-order chi connectivity index (χ1) is 11.7. The van der Waals surface area contributed by atoms with E-state index in [1.165, 1.54) is 0 Å². The summed E-state index contributed by atoms with van der Waals surface area (Å²) < 4.78 is 36.2. The Labute approximate surface area is 123 Å². The van der Waals surface area contributed by atoms with Gasteiger partial charge in [0.25, 0.3) is 0 Å². The van der Waals surface area contributed by atoms with Crippen molar-refractivity contribution in [3.63, 3.8) is 0 Å². The van der Waals surface area contributed by atoms with Gasteiger partial charge in [-0.25, -0.2) is 0 Å². The first kappa shape index (κ1) is 8.91. The summed E-state index contributed by atoms with van der Waals surface area (Å²) in [5, 5.41) is 38.7. The maximum absolute atomic E-state index is 12.3. The molecule has 106 valence electrons. The van der Waals surface area contributed by atoms with Gasteiger partial charge in [-0.15, -0.1) is 0 Å². The van der Waals surface area contributed by atoms with Crippen molar-refractivity contribution in [3.8, 4) is 34.3 Å². The van der Waals surface area contributed by atoms with Crippen LogP contribution in [0.2, 0.25) is 0 Å². The molecule has 1 heterocycles. The summed E-state index contributed by atoms with van der Waals surface area (Å²) in [7, 11) is 0. The summed E-state index contributed by atoms with van der Waals surface area (Å²) in [6.07, 6.45) is 0. The van der Waals surface area contributed by atoms with Crippen LogP contribution in [0.25, 0.3) is 22.3 Å². The van der Waals surface area contributed by atoms with E-state index in [4.69, 9.17) is 9.90 Å². The van der Waals surface area contributed by atoms with E-state index in [1.54, 1.807) is 0 Å². The number of aromatic hydroxyl groups is 4. The number of phenols is 3.